The van der Waals surface area contributed by atoms with Crippen LogP contribution >= 0.6 is 0 Å². The molecule has 0 unspecified atom stereocenters. The van der Waals surface area contributed by atoms with Crippen molar-refractivity contribution in [2.45, 2.75) is 154 Å². The highest BCUT2D eigenvalue weighted by molar-refractivity contribution is 4.84. The van der Waals surface area contributed by atoms with Crippen LogP contribution < -0.4 is 0 Å². The van der Waals surface area contributed by atoms with E-state index in [0.717, 1.165) is 0 Å². The number of rotatable bonds is 0. The van der Waals surface area contributed by atoms with Crippen molar-refractivity contribution in [3.63, 3.8) is 0 Å². The second kappa shape index (κ2) is 26.2. The van der Waals surface area contributed by atoms with Gasteiger partial charge in [0.05, 0.1) is 0 Å². The van der Waals surface area contributed by atoms with Gasteiger partial charge in [-0.1, -0.05) is 100.0 Å². The lowest BCUT2D eigenvalue weighted by atomic mass is 10.1. The lowest BCUT2D eigenvalue weighted by molar-refractivity contribution is 0.638. The zero-order chi connectivity index (χ0) is 22.6. The summed E-state index contributed by atoms with van der Waals surface area (Å²) < 4.78 is 0. The summed E-state index contributed by atoms with van der Waals surface area (Å²) in [5.74, 6) is 0. The van der Waals surface area contributed by atoms with Crippen LogP contribution in [0.2, 0.25) is 0 Å². The first-order valence-corrected chi connectivity index (χ1v) is 14.6. The minimum Gasteiger partial charge on any atom is -0.0885 e. The van der Waals surface area contributed by atoms with Crippen LogP contribution in [0.4, 0.5) is 0 Å². The zero-order valence-corrected chi connectivity index (χ0v) is 21.6. The Kier molecular flexibility index (Phi) is 23.8. The highest BCUT2D eigenvalue weighted by Gasteiger charge is 1.92. The molecule has 0 aromatic rings. The summed E-state index contributed by atoms with van der Waals surface area (Å²) in [6.07, 6.45) is 52.0. The van der Waals surface area contributed by atoms with Gasteiger partial charge in [-0.2, -0.15) is 0 Å². The summed E-state index contributed by atoms with van der Waals surface area (Å²) in [4.78, 5) is 0. The molecule has 0 saturated heterocycles. The molecule has 0 N–H and O–H groups in total. The Morgan fingerprint density at radius 3 is 0.406 bits per heavy atom. The van der Waals surface area contributed by atoms with Crippen molar-refractivity contribution < 1.29 is 0 Å². The van der Waals surface area contributed by atoms with Crippen LogP contribution in [0.25, 0.3) is 0 Å². The Morgan fingerprint density at radius 2 is 0.281 bits per heavy atom. The van der Waals surface area contributed by atoms with Crippen molar-refractivity contribution in [3.8, 4) is 0 Å². The monoisotopic (exact) mass is 440 g/mol. The molecule has 0 amide bonds. The third kappa shape index (κ3) is 23.6. The lowest BCUT2D eigenvalue weighted by Crippen LogP contribution is -1.80. The van der Waals surface area contributed by atoms with E-state index in [0.29, 0.717) is 0 Å². The fourth-order valence-electron chi connectivity index (χ4n) is 4.45. The quantitative estimate of drug-likeness (QED) is 0.328. The van der Waals surface area contributed by atoms with E-state index in [9.17, 15) is 0 Å². The summed E-state index contributed by atoms with van der Waals surface area (Å²) in [7, 11) is 0. The van der Waals surface area contributed by atoms with Crippen LogP contribution in [0.1, 0.15) is 154 Å². The van der Waals surface area contributed by atoms with Crippen LogP contribution in [0.15, 0.2) is 48.6 Å². The molecule has 0 radical (unpaired) electrons. The maximum absolute atomic E-state index is 2.43. The Labute approximate surface area is 202 Å². The Hall–Kier alpha value is -1.04. The molecule has 0 fully saturated rings. The molecule has 0 aliphatic heterocycles. The van der Waals surface area contributed by atoms with Crippen molar-refractivity contribution in [1.29, 1.82) is 0 Å². The van der Waals surface area contributed by atoms with E-state index in [1.165, 1.54) is 154 Å². The highest BCUT2D eigenvalue weighted by Crippen LogP contribution is 2.12. The van der Waals surface area contributed by atoms with E-state index in [1.807, 2.05) is 0 Å². The first kappa shape index (κ1) is 29.0. The van der Waals surface area contributed by atoms with Crippen molar-refractivity contribution in [3.05, 3.63) is 48.6 Å². The van der Waals surface area contributed by atoms with Gasteiger partial charge in [-0.25, -0.2) is 0 Å². The van der Waals surface area contributed by atoms with Crippen LogP contribution in [0.5, 0.6) is 0 Å². The van der Waals surface area contributed by atoms with E-state index in [1.54, 1.807) is 0 Å². The smallest absolute Gasteiger partial charge is 0.0351 e. The van der Waals surface area contributed by atoms with E-state index in [-0.39, 0.29) is 0 Å². The van der Waals surface area contributed by atoms with E-state index in [2.05, 4.69) is 48.6 Å². The highest BCUT2D eigenvalue weighted by atomic mass is 14.0. The Bertz CT molecular complexity index is 336. The minimum absolute atomic E-state index is 1.29. The molecule has 0 saturated carbocycles. The van der Waals surface area contributed by atoms with Gasteiger partial charge in [0.2, 0.25) is 0 Å². The van der Waals surface area contributed by atoms with Crippen molar-refractivity contribution >= 4 is 0 Å². The third-order valence-corrected chi connectivity index (χ3v) is 6.63. The van der Waals surface area contributed by atoms with Gasteiger partial charge in [0.15, 0.2) is 0 Å². The SMILES string of the molecule is C1=CCCCCCC/C=C/CCCCCC/C=C/CCCCCC/C=C/CCCCCC1. The van der Waals surface area contributed by atoms with Gasteiger partial charge >= 0.3 is 0 Å². The van der Waals surface area contributed by atoms with Gasteiger partial charge in [0.25, 0.3) is 0 Å². The first-order chi connectivity index (χ1) is 16.0. The normalized spacial score (nSPS) is 25.0. The van der Waals surface area contributed by atoms with Gasteiger partial charge in [0, 0.05) is 0 Å². The summed E-state index contributed by atoms with van der Waals surface area (Å²) in [6.45, 7) is 0. The summed E-state index contributed by atoms with van der Waals surface area (Å²) in [5.41, 5.74) is 0. The van der Waals surface area contributed by atoms with Gasteiger partial charge in [-0.05, 0) is 103 Å². The molecular formula is C32H56. The van der Waals surface area contributed by atoms with Crippen LogP contribution in [0, 0.1) is 0 Å². The summed E-state index contributed by atoms with van der Waals surface area (Å²) in [6, 6.07) is 0. The van der Waals surface area contributed by atoms with E-state index >= 15 is 0 Å². The average molecular weight is 441 g/mol. The van der Waals surface area contributed by atoms with Gasteiger partial charge in [0.1, 0.15) is 0 Å². The minimum atomic E-state index is 1.29. The van der Waals surface area contributed by atoms with Crippen molar-refractivity contribution in [2.24, 2.45) is 0 Å². The molecule has 0 atom stereocenters. The van der Waals surface area contributed by atoms with Crippen LogP contribution in [0.3, 0.4) is 0 Å². The summed E-state index contributed by atoms with van der Waals surface area (Å²) in [5, 5.41) is 0. The molecule has 1 aliphatic rings. The third-order valence-electron chi connectivity index (χ3n) is 6.63. The fraction of sp³-hybridized carbons (Fsp3) is 0.750. The fourth-order valence-corrected chi connectivity index (χ4v) is 4.45. The molecule has 32 heavy (non-hydrogen) atoms. The summed E-state index contributed by atoms with van der Waals surface area (Å²) >= 11 is 0. The van der Waals surface area contributed by atoms with Gasteiger partial charge in [-0.3, -0.25) is 0 Å². The molecule has 1 aliphatic carbocycles. The molecule has 1 rings (SSSR count). The predicted molar refractivity (Wildman–Crippen MR) is 147 cm³/mol. The van der Waals surface area contributed by atoms with Gasteiger partial charge < -0.3 is 0 Å². The Balaban J connectivity index is 2.13. The Morgan fingerprint density at radius 1 is 0.156 bits per heavy atom. The number of allylic oxidation sites excluding steroid dienone is 8. The molecule has 0 aromatic carbocycles. The number of hydrogen-bond donors (Lipinski definition) is 0. The van der Waals surface area contributed by atoms with E-state index < -0.39 is 0 Å². The molecule has 0 heteroatoms. The van der Waals surface area contributed by atoms with Crippen molar-refractivity contribution in [1.82, 2.24) is 0 Å². The predicted octanol–water partition coefficient (Wildman–Crippen LogP) is 11.6. The second-order valence-electron chi connectivity index (χ2n) is 9.85. The second-order valence-corrected chi connectivity index (χ2v) is 9.85. The van der Waals surface area contributed by atoms with Crippen LogP contribution in [-0.2, 0) is 0 Å². The molecule has 0 nitrogen and oxygen atoms in total. The van der Waals surface area contributed by atoms with Gasteiger partial charge in [-0.15, -0.1) is 0 Å². The lowest BCUT2D eigenvalue weighted by Gasteiger charge is -2.00. The molecule has 184 valence electrons. The molecule has 0 spiro atoms. The average Bonchev–Trinajstić information content (AvgIpc) is 2.80. The standard InChI is InChI=1S/C32H56/c1-2-4-6-8-10-12-14-16-18-20-22-24-26-28-30-32-31-29-27-25-23-21-19-17-15-13-11-9-7-5-3-1/h1-2,15-18,31-32H,3-14,19-30H2/b2-1+,17-15+,18-16+,32-31?. The largest absolute Gasteiger partial charge is 0.0885 e. The van der Waals surface area contributed by atoms with E-state index in [4.69, 9.17) is 0 Å². The maximum Gasteiger partial charge on any atom is -0.0351 e. The maximum atomic E-state index is 2.43. The zero-order valence-electron chi connectivity index (χ0n) is 21.6. The topological polar surface area (TPSA) is 0 Å². The molecule has 0 aromatic heterocycles. The first-order valence-electron chi connectivity index (χ1n) is 14.6. The number of hydrogen-bond acceptors (Lipinski definition) is 0. The molecular weight excluding hydrogens is 384 g/mol. The van der Waals surface area contributed by atoms with Crippen molar-refractivity contribution in [2.75, 3.05) is 0 Å². The molecule has 0 heterocycles. The molecule has 0 bridgehead atoms. The van der Waals surface area contributed by atoms with Crippen LogP contribution in [-0.4, -0.2) is 0 Å².